The second kappa shape index (κ2) is 10.5. The first-order valence-electron chi connectivity index (χ1n) is 10.2. The topological polar surface area (TPSA) is 131 Å². The van der Waals surface area contributed by atoms with Crippen LogP contribution in [0.4, 0.5) is 5.82 Å². The van der Waals surface area contributed by atoms with Gasteiger partial charge in [0.25, 0.3) is 11.8 Å². The van der Waals surface area contributed by atoms with Gasteiger partial charge in [0.15, 0.2) is 11.5 Å². The molecule has 2 heterocycles. The Morgan fingerprint density at radius 3 is 2.44 bits per heavy atom. The summed E-state index contributed by atoms with van der Waals surface area (Å²) in [6.07, 6.45) is 3.55. The minimum absolute atomic E-state index is 0.0126. The predicted octanol–water partition coefficient (Wildman–Crippen LogP) is 1.32. The number of nitrogens with one attached hydrogen (secondary N) is 2. The summed E-state index contributed by atoms with van der Waals surface area (Å²) in [5, 5.41) is 5.55. The molecule has 0 aliphatic carbocycles. The monoisotopic (exact) mass is 439 g/mol. The fraction of sp³-hybridized carbons (Fsp3) is 0.364. The highest BCUT2D eigenvalue weighted by molar-refractivity contribution is 6.08. The van der Waals surface area contributed by atoms with E-state index in [1.165, 1.54) is 19.5 Å². The van der Waals surface area contributed by atoms with Crippen LogP contribution in [0.2, 0.25) is 0 Å². The fourth-order valence-corrected chi connectivity index (χ4v) is 3.43. The molecule has 1 saturated heterocycles. The number of nitrogens with zero attached hydrogens (tertiary/aromatic N) is 3. The van der Waals surface area contributed by atoms with Crippen LogP contribution >= 0.6 is 0 Å². The normalized spacial score (nSPS) is 13.9. The molecule has 0 atom stereocenters. The number of anilines is 1. The second-order valence-corrected chi connectivity index (χ2v) is 7.40. The van der Waals surface area contributed by atoms with Crippen molar-refractivity contribution in [3.8, 4) is 0 Å². The molecule has 2 aromatic rings. The van der Waals surface area contributed by atoms with E-state index < -0.39 is 11.9 Å². The Kier molecular flexibility index (Phi) is 7.48. The highest BCUT2D eigenvalue weighted by Gasteiger charge is 2.27. The number of hydrogen-bond acceptors (Lipinski definition) is 7. The third-order valence-electron chi connectivity index (χ3n) is 5.24. The molecular weight excluding hydrogens is 414 g/mol. The molecule has 1 aliphatic rings. The standard InChI is InChI=1S/C22H25N5O5/c1-14-5-3-4-6-16(14)21(30)26-20-19(23-9-10-24-20)22(31)25-15-7-11-27(12-8-15)17(28)13-18(29)32-2/h3-6,9-10,15H,7-8,11-13H2,1-2H3,(H,25,31)(H,24,26,30). The number of ether oxygens (including phenoxy) is 1. The predicted molar refractivity (Wildman–Crippen MR) is 115 cm³/mol. The van der Waals surface area contributed by atoms with E-state index in [0.717, 1.165) is 5.56 Å². The van der Waals surface area contributed by atoms with Gasteiger partial charge < -0.3 is 20.3 Å². The molecular formula is C22H25N5O5. The lowest BCUT2D eigenvalue weighted by Gasteiger charge is -2.32. The van der Waals surface area contributed by atoms with Gasteiger partial charge in [0.2, 0.25) is 5.91 Å². The van der Waals surface area contributed by atoms with Gasteiger partial charge in [-0.05, 0) is 31.4 Å². The van der Waals surface area contributed by atoms with Gasteiger partial charge in [0.05, 0.1) is 7.11 Å². The molecule has 0 bridgehead atoms. The molecule has 1 fully saturated rings. The Morgan fingerprint density at radius 1 is 1.06 bits per heavy atom. The second-order valence-electron chi connectivity index (χ2n) is 7.40. The molecule has 2 N–H and O–H groups in total. The quantitative estimate of drug-likeness (QED) is 0.513. The zero-order valence-corrected chi connectivity index (χ0v) is 18.0. The van der Waals surface area contributed by atoms with E-state index >= 15 is 0 Å². The Labute approximate surface area is 185 Å². The first-order valence-corrected chi connectivity index (χ1v) is 10.2. The van der Waals surface area contributed by atoms with Crippen molar-refractivity contribution in [3.63, 3.8) is 0 Å². The maximum absolute atomic E-state index is 12.8. The highest BCUT2D eigenvalue weighted by Crippen LogP contribution is 2.16. The van der Waals surface area contributed by atoms with Gasteiger partial charge in [0.1, 0.15) is 6.42 Å². The van der Waals surface area contributed by atoms with Gasteiger partial charge in [-0.3, -0.25) is 19.2 Å². The van der Waals surface area contributed by atoms with Crippen molar-refractivity contribution in [1.29, 1.82) is 0 Å². The summed E-state index contributed by atoms with van der Waals surface area (Å²) >= 11 is 0. The number of piperidine rings is 1. The Hall–Kier alpha value is -3.82. The SMILES string of the molecule is COC(=O)CC(=O)N1CCC(NC(=O)c2nccnc2NC(=O)c2ccccc2C)CC1. The van der Waals surface area contributed by atoms with Gasteiger partial charge >= 0.3 is 5.97 Å². The number of hydrogen-bond donors (Lipinski definition) is 2. The number of rotatable bonds is 6. The van der Waals surface area contributed by atoms with Crippen molar-refractivity contribution >= 4 is 29.5 Å². The molecule has 10 nitrogen and oxygen atoms in total. The lowest BCUT2D eigenvalue weighted by molar-refractivity contribution is -0.147. The van der Waals surface area contributed by atoms with Crippen LogP contribution in [-0.2, 0) is 14.3 Å². The van der Waals surface area contributed by atoms with Gasteiger partial charge in [0, 0.05) is 37.1 Å². The van der Waals surface area contributed by atoms with Crippen molar-refractivity contribution < 1.29 is 23.9 Å². The Balaban J connectivity index is 1.60. The maximum Gasteiger partial charge on any atom is 0.315 e. The summed E-state index contributed by atoms with van der Waals surface area (Å²) in [4.78, 5) is 58.6. The van der Waals surface area contributed by atoms with Gasteiger partial charge in [-0.1, -0.05) is 18.2 Å². The van der Waals surface area contributed by atoms with Crippen LogP contribution in [0.1, 0.15) is 45.7 Å². The molecule has 0 spiro atoms. The van der Waals surface area contributed by atoms with Crippen molar-refractivity contribution in [1.82, 2.24) is 20.2 Å². The van der Waals surface area contributed by atoms with E-state index in [1.807, 2.05) is 19.1 Å². The average Bonchev–Trinajstić information content (AvgIpc) is 2.80. The Morgan fingerprint density at radius 2 is 1.75 bits per heavy atom. The first-order chi connectivity index (χ1) is 15.4. The highest BCUT2D eigenvalue weighted by atomic mass is 16.5. The number of methoxy groups -OCH3 is 1. The van der Waals surface area contributed by atoms with Crippen LogP contribution in [0.5, 0.6) is 0 Å². The van der Waals surface area contributed by atoms with E-state index in [4.69, 9.17) is 0 Å². The van der Waals surface area contributed by atoms with Gasteiger partial charge in [-0.2, -0.15) is 0 Å². The summed E-state index contributed by atoms with van der Waals surface area (Å²) in [6.45, 7) is 2.65. The lowest BCUT2D eigenvalue weighted by atomic mass is 10.0. The molecule has 0 unspecified atom stereocenters. The number of amides is 3. The molecule has 0 saturated carbocycles. The summed E-state index contributed by atoms with van der Waals surface area (Å²) in [5.41, 5.74) is 1.29. The van der Waals surface area contributed by atoms with E-state index in [-0.39, 0.29) is 35.8 Å². The van der Waals surface area contributed by atoms with Crippen LogP contribution < -0.4 is 10.6 Å². The smallest absolute Gasteiger partial charge is 0.315 e. The molecule has 168 valence electrons. The molecule has 3 amide bonds. The summed E-state index contributed by atoms with van der Waals surface area (Å²) < 4.78 is 4.52. The van der Waals surface area contributed by atoms with Crippen molar-refractivity contribution in [2.45, 2.75) is 32.2 Å². The third kappa shape index (κ3) is 5.65. The number of carbonyl (C=O) groups excluding carboxylic acids is 4. The number of esters is 1. The van der Waals surface area contributed by atoms with Gasteiger partial charge in [-0.15, -0.1) is 0 Å². The minimum Gasteiger partial charge on any atom is -0.469 e. The Bertz CT molecular complexity index is 1020. The van der Waals surface area contributed by atoms with Gasteiger partial charge in [-0.25, -0.2) is 9.97 Å². The van der Waals surface area contributed by atoms with E-state index in [2.05, 4.69) is 25.3 Å². The summed E-state index contributed by atoms with van der Waals surface area (Å²) in [5.74, 6) is -1.64. The maximum atomic E-state index is 12.8. The molecule has 32 heavy (non-hydrogen) atoms. The van der Waals surface area contributed by atoms with E-state index in [1.54, 1.807) is 17.0 Å². The third-order valence-corrected chi connectivity index (χ3v) is 5.24. The lowest BCUT2D eigenvalue weighted by Crippen LogP contribution is -2.47. The van der Waals surface area contributed by atoms with Crippen LogP contribution in [0.15, 0.2) is 36.7 Å². The largest absolute Gasteiger partial charge is 0.469 e. The van der Waals surface area contributed by atoms with Crippen molar-refractivity contribution in [2.75, 3.05) is 25.5 Å². The number of aryl methyl sites for hydroxylation is 1. The number of benzene rings is 1. The van der Waals surface area contributed by atoms with Crippen molar-refractivity contribution in [3.05, 3.63) is 53.5 Å². The number of aromatic nitrogens is 2. The van der Waals surface area contributed by atoms with Crippen LogP contribution in [0, 0.1) is 6.92 Å². The molecule has 1 aliphatic heterocycles. The summed E-state index contributed by atoms with van der Waals surface area (Å²) in [6, 6.07) is 6.93. The van der Waals surface area contributed by atoms with E-state index in [9.17, 15) is 19.2 Å². The number of likely N-dealkylation sites (tertiary alicyclic amines) is 1. The van der Waals surface area contributed by atoms with Crippen LogP contribution in [0.3, 0.4) is 0 Å². The van der Waals surface area contributed by atoms with Crippen LogP contribution in [-0.4, -0.2) is 64.8 Å². The summed E-state index contributed by atoms with van der Waals surface area (Å²) in [7, 11) is 1.24. The molecule has 10 heteroatoms. The van der Waals surface area contributed by atoms with Crippen LogP contribution in [0.25, 0.3) is 0 Å². The van der Waals surface area contributed by atoms with E-state index in [0.29, 0.717) is 31.5 Å². The number of carbonyl (C=O) groups is 4. The zero-order chi connectivity index (χ0) is 23.1. The first kappa shape index (κ1) is 22.9. The minimum atomic E-state index is -0.576. The van der Waals surface area contributed by atoms with Crippen molar-refractivity contribution in [2.24, 2.45) is 0 Å². The molecule has 0 radical (unpaired) electrons. The fourth-order valence-electron chi connectivity index (χ4n) is 3.43. The average molecular weight is 439 g/mol. The zero-order valence-electron chi connectivity index (χ0n) is 18.0. The molecule has 1 aromatic heterocycles. The molecule has 1 aromatic carbocycles. The molecule has 3 rings (SSSR count).